The van der Waals surface area contributed by atoms with E-state index in [1.807, 2.05) is 0 Å². The number of nitrogens with one attached hydrogen (secondary N) is 3. The van der Waals surface area contributed by atoms with Gasteiger partial charge in [-0.05, 0) is 47.5 Å². The minimum absolute atomic E-state index is 0.0126. The molecule has 4 aromatic carbocycles. The Morgan fingerprint density at radius 1 is 0.476 bits per heavy atom. The van der Waals surface area contributed by atoms with E-state index in [9.17, 15) is 53.3 Å². The van der Waals surface area contributed by atoms with Gasteiger partial charge in [-0.1, -0.05) is 24.3 Å². The maximum absolute atomic E-state index is 13.7. The molecule has 0 bridgehead atoms. The number of carbonyl (C=O) groups is 9. The van der Waals surface area contributed by atoms with Crippen LogP contribution in [0.1, 0.15) is 89.3 Å². The Labute approximate surface area is 357 Å². The van der Waals surface area contributed by atoms with Crippen LogP contribution in [-0.4, -0.2) is 58.5 Å². The van der Waals surface area contributed by atoms with Gasteiger partial charge in [-0.15, -0.1) is 0 Å². The Bertz CT molecular complexity index is 2550. The van der Waals surface area contributed by atoms with Gasteiger partial charge in [-0.25, -0.2) is 0 Å². The van der Waals surface area contributed by atoms with Gasteiger partial charge in [0.05, 0.1) is 33.7 Å². The summed E-state index contributed by atoms with van der Waals surface area (Å²) in [7, 11) is 0. The number of nitrogens with zero attached hydrogens (tertiary/aromatic N) is 1. The molecule has 0 spiro atoms. The average Bonchev–Trinajstić information content (AvgIpc) is 3.18. The molecule has 0 aromatic heterocycles. The standard InChI is InChI=1S/C42H38N4O17/c1-21(47)58-34-13-7-10-29(37(34)61-24(4)50)40(53)43-18-27-16-28(19-44-41(54)30-11-8-14-35(59-22(2)48)38(30)62-25(5)51)32(33(17-27)46(56)57)20-45-42(55)31-12-9-15-36(60-23(3)49)39(31)63-26(6)52/h7-17H,18-20H2,1-6H3,(H,43,53)(H,44,54)(H,45,55). The summed E-state index contributed by atoms with van der Waals surface area (Å²) < 4.78 is 30.8. The molecule has 0 heterocycles. The number of esters is 6. The van der Waals surface area contributed by atoms with Crippen molar-refractivity contribution in [1.82, 2.24) is 16.0 Å². The number of ether oxygens (including phenoxy) is 6. The van der Waals surface area contributed by atoms with Crippen molar-refractivity contribution < 1.29 is 76.5 Å². The highest BCUT2D eigenvalue weighted by molar-refractivity contribution is 6.00. The van der Waals surface area contributed by atoms with Crippen LogP contribution in [0, 0.1) is 10.1 Å². The van der Waals surface area contributed by atoms with Gasteiger partial charge in [0.25, 0.3) is 23.4 Å². The minimum atomic E-state index is -0.936. The van der Waals surface area contributed by atoms with Crippen LogP contribution in [0.3, 0.4) is 0 Å². The first-order valence-electron chi connectivity index (χ1n) is 18.4. The van der Waals surface area contributed by atoms with Gasteiger partial charge >= 0.3 is 35.8 Å². The van der Waals surface area contributed by atoms with Crippen LogP contribution in [0.2, 0.25) is 0 Å². The fourth-order valence-electron chi connectivity index (χ4n) is 5.76. The predicted octanol–water partition coefficient (Wildman–Crippen LogP) is 3.94. The zero-order chi connectivity index (χ0) is 46.5. The second kappa shape index (κ2) is 21.2. The molecule has 21 heteroatoms. The van der Waals surface area contributed by atoms with Crippen LogP contribution >= 0.6 is 0 Å². The van der Waals surface area contributed by atoms with E-state index in [1.165, 1.54) is 60.7 Å². The lowest BCUT2D eigenvalue weighted by Gasteiger charge is -2.17. The third kappa shape index (κ3) is 13.0. The Balaban J connectivity index is 1.77. The molecule has 0 aliphatic heterocycles. The lowest BCUT2D eigenvalue weighted by atomic mass is 10.00. The van der Waals surface area contributed by atoms with Crippen LogP contribution in [0.4, 0.5) is 5.69 Å². The molecule has 0 atom stereocenters. The topological polar surface area (TPSA) is 288 Å². The van der Waals surface area contributed by atoms with E-state index in [0.717, 1.165) is 47.6 Å². The lowest BCUT2D eigenvalue weighted by Crippen LogP contribution is -2.28. The summed E-state index contributed by atoms with van der Waals surface area (Å²) in [5.41, 5.74) is -1.47. The second-order valence-corrected chi connectivity index (χ2v) is 13.0. The van der Waals surface area contributed by atoms with Crippen molar-refractivity contribution in [2.75, 3.05) is 0 Å². The first-order chi connectivity index (χ1) is 29.7. The van der Waals surface area contributed by atoms with Crippen LogP contribution < -0.4 is 44.4 Å². The van der Waals surface area contributed by atoms with Crippen molar-refractivity contribution in [2.45, 2.75) is 61.2 Å². The first kappa shape index (κ1) is 47.2. The van der Waals surface area contributed by atoms with E-state index in [0.29, 0.717) is 0 Å². The molecule has 3 N–H and O–H groups in total. The van der Waals surface area contributed by atoms with Crippen molar-refractivity contribution in [3.8, 4) is 34.5 Å². The minimum Gasteiger partial charge on any atom is -0.423 e. The summed E-state index contributed by atoms with van der Waals surface area (Å²) >= 11 is 0. The van der Waals surface area contributed by atoms with Crippen molar-refractivity contribution >= 4 is 59.2 Å². The Kier molecular flexibility index (Phi) is 15.8. The summed E-state index contributed by atoms with van der Waals surface area (Å²) in [5, 5.41) is 20.3. The van der Waals surface area contributed by atoms with Gasteiger partial charge in [0, 0.05) is 60.7 Å². The Hall–Kier alpha value is -8.49. The number of para-hydroxylation sites is 3. The molecule has 0 saturated carbocycles. The summed E-state index contributed by atoms with van der Waals surface area (Å²) in [6.07, 6.45) is 0. The molecule has 0 saturated heterocycles. The molecular weight excluding hydrogens is 832 g/mol. The molecule has 21 nitrogen and oxygen atoms in total. The van der Waals surface area contributed by atoms with Crippen molar-refractivity contribution in [3.05, 3.63) is 110 Å². The molecule has 328 valence electrons. The summed E-state index contributed by atoms with van der Waals surface area (Å²) in [6, 6.07) is 14.1. The van der Waals surface area contributed by atoms with Crippen LogP contribution in [0.15, 0.2) is 66.7 Å². The van der Waals surface area contributed by atoms with Gasteiger partial charge in [-0.3, -0.25) is 53.3 Å². The van der Waals surface area contributed by atoms with Crippen molar-refractivity contribution in [3.63, 3.8) is 0 Å². The molecule has 0 fully saturated rings. The Morgan fingerprint density at radius 2 is 0.810 bits per heavy atom. The van der Waals surface area contributed by atoms with E-state index < -0.39 is 95.3 Å². The van der Waals surface area contributed by atoms with Gasteiger partial charge in [0.2, 0.25) is 0 Å². The van der Waals surface area contributed by atoms with E-state index in [-0.39, 0.29) is 56.4 Å². The quantitative estimate of drug-likeness (QED) is 0.0622. The van der Waals surface area contributed by atoms with E-state index in [4.69, 9.17) is 28.4 Å². The highest BCUT2D eigenvalue weighted by Crippen LogP contribution is 2.35. The highest BCUT2D eigenvalue weighted by Gasteiger charge is 2.27. The van der Waals surface area contributed by atoms with E-state index in [1.54, 1.807) is 0 Å². The molecular formula is C42H38N4O17. The first-order valence-corrected chi connectivity index (χ1v) is 18.4. The summed E-state index contributed by atoms with van der Waals surface area (Å²) in [4.78, 5) is 124. The molecule has 4 aromatic rings. The average molecular weight is 871 g/mol. The number of rotatable bonds is 16. The number of hydrogen-bond acceptors (Lipinski definition) is 17. The monoisotopic (exact) mass is 870 g/mol. The number of nitro groups is 1. The molecule has 0 aliphatic rings. The SMILES string of the molecule is CC(=O)Oc1cccc(C(=O)NCc2cc(CNC(=O)c3cccc(OC(C)=O)c3OC(C)=O)c(CNC(=O)c3cccc(OC(C)=O)c3OC(C)=O)c([N+](=O)[O-])c2)c1OC(C)=O. The van der Waals surface area contributed by atoms with Crippen LogP contribution in [0.25, 0.3) is 0 Å². The predicted molar refractivity (Wildman–Crippen MR) is 214 cm³/mol. The highest BCUT2D eigenvalue weighted by atomic mass is 16.6. The number of amides is 3. The molecule has 3 amide bonds. The van der Waals surface area contributed by atoms with E-state index >= 15 is 0 Å². The molecule has 0 aliphatic carbocycles. The van der Waals surface area contributed by atoms with Gasteiger partial charge < -0.3 is 44.4 Å². The van der Waals surface area contributed by atoms with Gasteiger partial charge in [0.15, 0.2) is 34.5 Å². The molecule has 0 radical (unpaired) electrons. The number of nitro benzene ring substituents is 1. The van der Waals surface area contributed by atoms with E-state index in [2.05, 4.69) is 16.0 Å². The van der Waals surface area contributed by atoms with Crippen molar-refractivity contribution in [1.29, 1.82) is 0 Å². The van der Waals surface area contributed by atoms with Crippen molar-refractivity contribution in [2.24, 2.45) is 0 Å². The van der Waals surface area contributed by atoms with Crippen LogP contribution in [0.5, 0.6) is 34.5 Å². The number of carbonyl (C=O) groups excluding carboxylic acids is 9. The van der Waals surface area contributed by atoms with Crippen LogP contribution in [-0.2, 0) is 48.4 Å². The third-order valence-electron chi connectivity index (χ3n) is 8.06. The molecule has 63 heavy (non-hydrogen) atoms. The Morgan fingerprint density at radius 3 is 1.14 bits per heavy atom. The fourth-order valence-corrected chi connectivity index (χ4v) is 5.76. The number of hydrogen-bond donors (Lipinski definition) is 3. The molecule has 4 rings (SSSR count). The van der Waals surface area contributed by atoms with Gasteiger partial charge in [-0.2, -0.15) is 0 Å². The smallest absolute Gasteiger partial charge is 0.308 e. The molecule has 0 unspecified atom stereocenters. The lowest BCUT2D eigenvalue weighted by molar-refractivity contribution is -0.385. The second-order valence-electron chi connectivity index (χ2n) is 13.0. The van der Waals surface area contributed by atoms with Gasteiger partial charge in [0.1, 0.15) is 0 Å². The summed E-state index contributed by atoms with van der Waals surface area (Å²) in [6.45, 7) is 4.88. The normalized spacial score (nSPS) is 10.3. The summed E-state index contributed by atoms with van der Waals surface area (Å²) in [5.74, 6) is -9.59. The maximum atomic E-state index is 13.7. The maximum Gasteiger partial charge on any atom is 0.308 e. The fraction of sp³-hybridized carbons (Fsp3) is 0.214. The zero-order valence-electron chi connectivity index (χ0n) is 34.4. The zero-order valence-corrected chi connectivity index (χ0v) is 34.4. The largest absolute Gasteiger partial charge is 0.423 e. The third-order valence-corrected chi connectivity index (χ3v) is 8.06. The number of benzene rings is 4.